The summed E-state index contributed by atoms with van der Waals surface area (Å²) in [6, 6.07) is 8.31. The van der Waals surface area contributed by atoms with Crippen LogP contribution in [0.25, 0.3) is 0 Å². The maximum Gasteiger partial charge on any atom is 0.416 e. The van der Waals surface area contributed by atoms with E-state index in [-0.39, 0.29) is 13.1 Å². The van der Waals surface area contributed by atoms with Gasteiger partial charge in [0.25, 0.3) is 10.0 Å². The van der Waals surface area contributed by atoms with E-state index in [1.807, 2.05) is 0 Å². The predicted molar refractivity (Wildman–Crippen MR) is 106 cm³/mol. The molecule has 4 rings (SSSR count). The van der Waals surface area contributed by atoms with Crippen molar-refractivity contribution in [1.82, 2.24) is 4.31 Å². The van der Waals surface area contributed by atoms with Crippen molar-refractivity contribution < 1.29 is 21.6 Å². The molecule has 2 aromatic rings. The molecule has 1 fully saturated rings. The molecule has 1 aromatic heterocycles. The first kappa shape index (κ1) is 20.2. The van der Waals surface area contributed by atoms with Gasteiger partial charge in [-0.05, 0) is 30.5 Å². The van der Waals surface area contributed by atoms with Crippen molar-refractivity contribution in [3.05, 3.63) is 52.9 Å². The van der Waals surface area contributed by atoms with Crippen LogP contribution in [0.5, 0.6) is 0 Å². The Kier molecular flexibility index (Phi) is 4.91. The van der Waals surface area contributed by atoms with Gasteiger partial charge >= 0.3 is 6.18 Å². The minimum atomic E-state index is -4.43. The number of thiophene rings is 1. The van der Waals surface area contributed by atoms with Gasteiger partial charge in [-0.15, -0.1) is 11.3 Å². The Bertz CT molecular complexity index is 1080. The van der Waals surface area contributed by atoms with Gasteiger partial charge in [0, 0.05) is 31.5 Å². The number of hydrogen-bond acceptors (Lipinski definition) is 5. The topological polar surface area (TPSA) is 62.1 Å². The number of nitrogens with zero attached hydrogens (tertiary/aromatic N) is 3. The molecule has 1 saturated heterocycles. The van der Waals surface area contributed by atoms with Gasteiger partial charge in [0.05, 0.1) is 17.0 Å². The van der Waals surface area contributed by atoms with Crippen LogP contribution in [0.3, 0.4) is 0 Å². The van der Waals surface area contributed by atoms with Gasteiger partial charge in [0.1, 0.15) is 4.21 Å². The van der Waals surface area contributed by atoms with Crippen molar-refractivity contribution in [1.29, 1.82) is 0 Å². The second-order valence-electron chi connectivity index (χ2n) is 7.05. The largest absolute Gasteiger partial charge is 0.416 e. The minimum absolute atomic E-state index is 0.260. The predicted octanol–water partition coefficient (Wildman–Crippen LogP) is 4.21. The van der Waals surface area contributed by atoms with E-state index in [0.717, 1.165) is 12.1 Å². The first-order valence-corrected chi connectivity index (χ1v) is 11.3. The summed E-state index contributed by atoms with van der Waals surface area (Å²) < 4.78 is 66.2. The van der Waals surface area contributed by atoms with Crippen LogP contribution in [0.15, 0.2) is 56.0 Å². The van der Waals surface area contributed by atoms with E-state index < -0.39 is 27.4 Å². The van der Waals surface area contributed by atoms with E-state index in [1.165, 1.54) is 21.7 Å². The summed E-state index contributed by atoms with van der Waals surface area (Å²) in [6.45, 7) is 2.25. The Labute approximate surface area is 170 Å². The first-order chi connectivity index (χ1) is 13.6. The highest BCUT2D eigenvalue weighted by molar-refractivity contribution is 7.91. The smallest absolute Gasteiger partial charge is 0.258 e. The number of sulfonamides is 1. The van der Waals surface area contributed by atoms with Gasteiger partial charge in [-0.1, -0.05) is 18.2 Å². The number of piperidine rings is 1. The Morgan fingerprint density at radius 2 is 1.83 bits per heavy atom. The normalized spacial score (nSPS) is 20.0. The number of aliphatic imine (C=N–C) groups is 2. The molecule has 0 bridgehead atoms. The van der Waals surface area contributed by atoms with Gasteiger partial charge in [-0.2, -0.15) is 17.5 Å². The number of halogens is 3. The van der Waals surface area contributed by atoms with Crippen molar-refractivity contribution >= 4 is 32.8 Å². The molecule has 0 saturated carbocycles. The van der Waals surface area contributed by atoms with Crippen LogP contribution in [0, 0.1) is 0 Å². The zero-order valence-corrected chi connectivity index (χ0v) is 17.1. The lowest BCUT2D eigenvalue weighted by atomic mass is 10.00. The average Bonchev–Trinajstić information content (AvgIpc) is 3.31. The molecule has 1 aromatic carbocycles. The molecule has 154 valence electrons. The molecular formula is C19H18F3N3O2S2. The summed E-state index contributed by atoms with van der Waals surface area (Å²) in [5, 5.41) is 1.72. The van der Waals surface area contributed by atoms with Gasteiger partial charge in [-0.25, -0.2) is 8.42 Å². The number of benzene rings is 1. The number of rotatable bonds is 3. The average molecular weight is 442 g/mol. The van der Waals surface area contributed by atoms with Crippen LogP contribution in [-0.2, 0) is 16.2 Å². The maximum atomic E-state index is 13.0. The summed E-state index contributed by atoms with van der Waals surface area (Å²) in [5.74, 6) is 0. The zero-order chi connectivity index (χ0) is 20.9. The van der Waals surface area contributed by atoms with Gasteiger partial charge in [0.2, 0.25) is 0 Å². The summed E-state index contributed by atoms with van der Waals surface area (Å²) in [7, 11) is -3.54. The Morgan fingerprint density at radius 1 is 1.10 bits per heavy atom. The fraction of sp³-hybridized carbons (Fsp3) is 0.368. The van der Waals surface area contributed by atoms with E-state index in [4.69, 9.17) is 0 Å². The van der Waals surface area contributed by atoms with Crippen molar-refractivity contribution in [3.8, 4) is 0 Å². The summed E-state index contributed by atoms with van der Waals surface area (Å²) in [6.07, 6.45) is -3.66. The van der Waals surface area contributed by atoms with E-state index in [1.54, 1.807) is 30.5 Å². The highest BCUT2D eigenvalue weighted by atomic mass is 32.2. The lowest BCUT2D eigenvalue weighted by molar-refractivity contribution is -0.137. The lowest BCUT2D eigenvalue weighted by Gasteiger charge is -2.34. The summed E-state index contributed by atoms with van der Waals surface area (Å²) in [4.78, 5) is 9.28. The van der Waals surface area contributed by atoms with Gasteiger partial charge in [-0.3, -0.25) is 9.98 Å². The van der Waals surface area contributed by atoms with Crippen LogP contribution in [0.1, 0.15) is 30.9 Å². The Balaban J connectivity index is 1.57. The molecule has 0 amide bonds. The van der Waals surface area contributed by atoms with Crippen molar-refractivity contribution in [2.75, 3.05) is 13.1 Å². The minimum Gasteiger partial charge on any atom is -0.258 e. The third-order valence-electron chi connectivity index (χ3n) is 5.11. The molecule has 0 unspecified atom stereocenters. The van der Waals surface area contributed by atoms with Gasteiger partial charge in [0.15, 0.2) is 5.66 Å². The third kappa shape index (κ3) is 3.76. The van der Waals surface area contributed by atoms with E-state index in [0.29, 0.717) is 34.0 Å². The number of hydrogen-bond donors (Lipinski definition) is 0. The monoisotopic (exact) mass is 441 g/mol. The molecule has 29 heavy (non-hydrogen) atoms. The quantitative estimate of drug-likeness (QED) is 0.716. The van der Waals surface area contributed by atoms with E-state index in [9.17, 15) is 21.6 Å². The lowest BCUT2D eigenvalue weighted by Crippen LogP contribution is -2.44. The van der Waals surface area contributed by atoms with E-state index >= 15 is 0 Å². The molecule has 3 heterocycles. The molecule has 0 radical (unpaired) electrons. The fourth-order valence-corrected chi connectivity index (χ4v) is 6.23. The highest BCUT2D eigenvalue weighted by Gasteiger charge is 2.42. The highest BCUT2D eigenvalue weighted by Crippen LogP contribution is 2.36. The van der Waals surface area contributed by atoms with E-state index in [2.05, 4.69) is 9.98 Å². The third-order valence-corrected chi connectivity index (χ3v) is 8.39. The van der Waals surface area contributed by atoms with Gasteiger partial charge < -0.3 is 0 Å². The van der Waals surface area contributed by atoms with Crippen LogP contribution >= 0.6 is 11.3 Å². The molecule has 0 aliphatic carbocycles. The summed E-state index contributed by atoms with van der Waals surface area (Å²) >= 11 is 1.17. The maximum absolute atomic E-state index is 13.0. The van der Waals surface area contributed by atoms with Crippen molar-refractivity contribution in [3.63, 3.8) is 0 Å². The molecular weight excluding hydrogens is 423 g/mol. The summed E-state index contributed by atoms with van der Waals surface area (Å²) in [5.41, 5.74) is -0.172. The van der Waals surface area contributed by atoms with Crippen LogP contribution in [0.4, 0.5) is 13.2 Å². The SMILES string of the molecule is CC1=NC2(CCN(S(=O)(=O)c3cccs3)CC2)N=C1c1cccc(C(F)(F)F)c1. The van der Waals surface area contributed by atoms with Crippen molar-refractivity contribution in [2.24, 2.45) is 9.98 Å². The standard InChI is InChI=1S/C19H18F3N3O2S2/c1-13-17(14-4-2-5-15(12-14)19(20,21)22)24-18(23-13)7-9-25(10-8-18)29(26,27)16-6-3-11-28-16/h2-6,11-12H,7-10H2,1H3. The Morgan fingerprint density at radius 3 is 2.45 bits per heavy atom. The van der Waals surface area contributed by atoms with Crippen LogP contribution in [0.2, 0.25) is 0 Å². The number of alkyl halides is 3. The molecule has 2 aliphatic rings. The molecule has 5 nitrogen and oxygen atoms in total. The molecule has 1 spiro atoms. The molecule has 10 heteroatoms. The van der Waals surface area contributed by atoms with Crippen molar-refractivity contribution in [2.45, 2.75) is 35.8 Å². The molecule has 0 atom stereocenters. The Hall–Kier alpha value is -2.04. The fourth-order valence-electron chi connectivity index (χ4n) is 3.64. The van der Waals surface area contributed by atoms with Crippen LogP contribution in [-0.4, -0.2) is 42.9 Å². The second-order valence-corrected chi connectivity index (χ2v) is 10.2. The van der Waals surface area contributed by atoms with Crippen LogP contribution < -0.4 is 0 Å². The first-order valence-electron chi connectivity index (χ1n) is 8.99. The second kappa shape index (κ2) is 7.03. The zero-order valence-electron chi connectivity index (χ0n) is 15.5. The molecule has 0 N–H and O–H groups in total. The molecule has 2 aliphatic heterocycles.